The number of anilines is 1. The smallest absolute Gasteiger partial charge is 0.227 e. The molecule has 0 aromatic carbocycles. The zero-order valence-electron chi connectivity index (χ0n) is 14.6. The Bertz CT molecular complexity index is 740. The molecule has 1 unspecified atom stereocenters. The van der Waals surface area contributed by atoms with E-state index in [4.69, 9.17) is 0 Å². The number of nitrogens with one attached hydrogen (secondary N) is 1. The van der Waals surface area contributed by atoms with Crippen molar-refractivity contribution < 1.29 is 4.79 Å². The van der Waals surface area contributed by atoms with Crippen LogP contribution in [-0.4, -0.2) is 60.0 Å². The largest absolute Gasteiger partial charge is 0.355 e. The average molecular weight is 359 g/mol. The van der Waals surface area contributed by atoms with Gasteiger partial charge in [-0.2, -0.15) is 0 Å². The zero-order valence-corrected chi connectivity index (χ0v) is 15.5. The van der Waals surface area contributed by atoms with Gasteiger partial charge in [0.25, 0.3) is 0 Å². The molecule has 1 N–H and O–H groups in total. The summed E-state index contributed by atoms with van der Waals surface area (Å²) in [5.74, 6) is 1.40. The molecular formula is C18H25N5OS. The number of carbonyl (C=O) groups is 1. The molecule has 0 bridgehead atoms. The Morgan fingerprint density at radius 3 is 2.88 bits per heavy atom. The van der Waals surface area contributed by atoms with Crippen LogP contribution in [0.15, 0.2) is 17.8 Å². The Hall–Kier alpha value is -1.73. The summed E-state index contributed by atoms with van der Waals surface area (Å²) < 4.78 is 0. The van der Waals surface area contributed by atoms with Crippen LogP contribution in [0.2, 0.25) is 0 Å². The lowest BCUT2D eigenvalue weighted by Gasteiger charge is -2.38. The minimum absolute atomic E-state index is 0.0866. The van der Waals surface area contributed by atoms with Gasteiger partial charge in [0.05, 0.1) is 11.3 Å². The van der Waals surface area contributed by atoms with Crippen LogP contribution in [0.4, 0.5) is 5.82 Å². The lowest BCUT2D eigenvalue weighted by atomic mass is 9.94. The molecule has 4 rings (SSSR count). The van der Waals surface area contributed by atoms with Crippen molar-refractivity contribution in [3.63, 3.8) is 0 Å². The normalized spacial score (nSPS) is 22.5. The molecule has 2 fully saturated rings. The quantitative estimate of drug-likeness (QED) is 0.910. The van der Waals surface area contributed by atoms with Gasteiger partial charge in [-0.25, -0.2) is 9.97 Å². The number of nitrogens with zero attached hydrogens (tertiary/aromatic N) is 4. The summed E-state index contributed by atoms with van der Waals surface area (Å²) >= 11 is 1.64. The third kappa shape index (κ3) is 3.35. The summed E-state index contributed by atoms with van der Waals surface area (Å²) in [6.45, 7) is 3.49. The molecule has 25 heavy (non-hydrogen) atoms. The van der Waals surface area contributed by atoms with Crippen molar-refractivity contribution in [2.75, 3.05) is 38.1 Å². The highest BCUT2D eigenvalue weighted by atomic mass is 32.1. The van der Waals surface area contributed by atoms with Crippen LogP contribution in [0.25, 0.3) is 10.2 Å². The third-order valence-corrected chi connectivity index (χ3v) is 6.35. The monoisotopic (exact) mass is 359 g/mol. The highest BCUT2D eigenvalue weighted by Gasteiger charge is 2.32. The number of carbonyl (C=O) groups excluding carboxylic acids is 1. The fourth-order valence-corrected chi connectivity index (χ4v) is 4.77. The Labute approximate surface area is 152 Å². The molecule has 0 aliphatic carbocycles. The lowest BCUT2D eigenvalue weighted by molar-refractivity contribution is -0.136. The molecule has 0 radical (unpaired) electrons. The number of piperidine rings is 2. The molecule has 2 aliphatic heterocycles. The van der Waals surface area contributed by atoms with Crippen molar-refractivity contribution in [3.8, 4) is 0 Å². The van der Waals surface area contributed by atoms with E-state index in [0.717, 1.165) is 67.9 Å². The molecule has 134 valence electrons. The Morgan fingerprint density at radius 1 is 1.24 bits per heavy atom. The highest BCUT2D eigenvalue weighted by molar-refractivity contribution is 7.16. The van der Waals surface area contributed by atoms with Crippen LogP contribution >= 0.6 is 11.3 Å². The summed E-state index contributed by atoms with van der Waals surface area (Å²) in [6.07, 6.45) is 5.78. The number of hydrogen-bond donors (Lipinski definition) is 1. The van der Waals surface area contributed by atoms with Gasteiger partial charge >= 0.3 is 0 Å². The molecular weight excluding hydrogens is 334 g/mol. The molecule has 2 saturated heterocycles. The molecule has 1 atom stereocenters. The van der Waals surface area contributed by atoms with Crippen LogP contribution in [-0.2, 0) is 4.79 Å². The van der Waals surface area contributed by atoms with Gasteiger partial charge < -0.3 is 15.1 Å². The molecule has 2 aliphatic rings. The van der Waals surface area contributed by atoms with Crippen molar-refractivity contribution in [1.82, 2.24) is 20.2 Å². The van der Waals surface area contributed by atoms with E-state index < -0.39 is 0 Å². The first-order valence-electron chi connectivity index (χ1n) is 9.15. The van der Waals surface area contributed by atoms with Crippen molar-refractivity contribution >= 4 is 33.3 Å². The zero-order chi connectivity index (χ0) is 17.2. The van der Waals surface area contributed by atoms with Crippen molar-refractivity contribution in [1.29, 1.82) is 0 Å². The van der Waals surface area contributed by atoms with Crippen molar-refractivity contribution in [2.45, 2.75) is 31.7 Å². The van der Waals surface area contributed by atoms with Gasteiger partial charge in [0, 0.05) is 32.2 Å². The topological polar surface area (TPSA) is 61.4 Å². The number of amides is 1. The number of fused-ring (bicyclic) bond motifs is 1. The summed E-state index contributed by atoms with van der Waals surface area (Å²) in [5, 5.41) is 6.49. The Kier molecular flexibility index (Phi) is 4.85. The second-order valence-electron chi connectivity index (χ2n) is 7.01. The van der Waals surface area contributed by atoms with E-state index in [-0.39, 0.29) is 5.92 Å². The molecule has 7 heteroatoms. The maximum Gasteiger partial charge on any atom is 0.227 e. The average Bonchev–Trinajstić information content (AvgIpc) is 3.16. The van der Waals surface area contributed by atoms with E-state index in [0.29, 0.717) is 11.9 Å². The van der Waals surface area contributed by atoms with Crippen molar-refractivity contribution in [2.24, 2.45) is 5.92 Å². The van der Waals surface area contributed by atoms with Gasteiger partial charge in [-0.1, -0.05) is 0 Å². The van der Waals surface area contributed by atoms with Gasteiger partial charge in [-0.05, 0) is 44.2 Å². The van der Waals surface area contributed by atoms with E-state index in [2.05, 4.69) is 36.5 Å². The SMILES string of the molecule is CNC1CCN(C(=O)C2CCCN(c3ncnc4sccc34)C2)CC1. The first-order chi connectivity index (χ1) is 12.3. The third-order valence-electron chi connectivity index (χ3n) is 5.53. The Balaban J connectivity index is 1.46. The first kappa shape index (κ1) is 16.7. The maximum atomic E-state index is 13.0. The van der Waals surface area contributed by atoms with Gasteiger partial charge in [0.2, 0.25) is 5.91 Å². The van der Waals surface area contributed by atoms with Crippen LogP contribution < -0.4 is 10.2 Å². The lowest BCUT2D eigenvalue weighted by Crippen LogP contribution is -2.49. The van der Waals surface area contributed by atoms with Crippen molar-refractivity contribution in [3.05, 3.63) is 17.8 Å². The summed E-state index contributed by atoms with van der Waals surface area (Å²) in [7, 11) is 2.01. The molecule has 2 aromatic rings. The number of rotatable bonds is 3. The van der Waals surface area contributed by atoms with E-state index in [1.807, 2.05) is 7.05 Å². The number of likely N-dealkylation sites (tertiary alicyclic amines) is 1. The molecule has 2 aromatic heterocycles. The van der Waals surface area contributed by atoms with Crippen LogP contribution in [0.3, 0.4) is 0 Å². The minimum atomic E-state index is 0.0866. The minimum Gasteiger partial charge on any atom is -0.355 e. The number of aromatic nitrogens is 2. The summed E-state index contributed by atoms with van der Waals surface area (Å²) in [6, 6.07) is 2.64. The molecule has 1 amide bonds. The van der Waals surface area contributed by atoms with E-state index >= 15 is 0 Å². The summed E-state index contributed by atoms with van der Waals surface area (Å²) in [4.78, 5) is 27.2. The standard InChI is InChI=1S/C18H25N5OS/c1-19-14-4-8-22(9-5-14)18(24)13-3-2-7-23(11-13)16-15-6-10-25-17(15)21-12-20-16/h6,10,12-14,19H,2-5,7-9,11H2,1H3. The predicted octanol–water partition coefficient (Wildman–Crippen LogP) is 2.12. The molecule has 4 heterocycles. The van der Waals surface area contributed by atoms with E-state index in [1.54, 1.807) is 17.7 Å². The van der Waals surface area contributed by atoms with Gasteiger partial charge in [0.1, 0.15) is 17.0 Å². The van der Waals surface area contributed by atoms with Gasteiger partial charge in [0.15, 0.2) is 0 Å². The molecule has 0 spiro atoms. The predicted molar refractivity (Wildman–Crippen MR) is 101 cm³/mol. The van der Waals surface area contributed by atoms with Crippen LogP contribution in [0.1, 0.15) is 25.7 Å². The molecule has 6 nitrogen and oxygen atoms in total. The van der Waals surface area contributed by atoms with E-state index in [1.165, 1.54) is 0 Å². The summed E-state index contributed by atoms with van der Waals surface area (Å²) in [5.41, 5.74) is 0. The fraction of sp³-hybridized carbons (Fsp3) is 0.611. The highest BCUT2D eigenvalue weighted by Crippen LogP contribution is 2.30. The van der Waals surface area contributed by atoms with Crippen LogP contribution in [0.5, 0.6) is 0 Å². The number of thiophene rings is 1. The molecule has 0 saturated carbocycles. The maximum absolute atomic E-state index is 13.0. The van der Waals surface area contributed by atoms with Gasteiger partial charge in [-0.15, -0.1) is 11.3 Å². The fourth-order valence-electron chi connectivity index (χ4n) is 4.05. The van der Waals surface area contributed by atoms with E-state index in [9.17, 15) is 4.79 Å². The number of hydrogen-bond acceptors (Lipinski definition) is 6. The first-order valence-corrected chi connectivity index (χ1v) is 10.0. The second-order valence-corrected chi connectivity index (χ2v) is 7.90. The van der Waals surface area contributed by atoms with Gasteiger partial charge in [-0.3, -0.25) is 4.79 Å². The Morgan fingerprint density at radius 2 is 2.08 bits per heavy atom. The van der Waals surface area contributed by atoms with Crippen LogP contribution in [0, 0.1) is 5.92 Å². The second kappa shape index (κ2) is 7.25.